The minimum absolute atomic E-state index is 0.529. The molecule has 292 valence electrons. The summed E-state index contributed by atoms with van der Waals surface area (Å²) < 4.78 is 16.0. The van der Waals surface area contributed by atoms with Crippen molar-refractivity contribution in [3.8, 4) is 39.9 Å². The molecule has 14 rings (SSSR count). The van der Waals surface area contributed by atoms with Crippen LogP contribution in [0, 0.1) is 0 Å². The third-order valence-electron chi connectivity index (χ3n) is 12.8. The van der Waals surface area contributed by atoms with Crippen LogP contribution >= 0.6 is 0 Å². The Hall–Kier alpha value is -8.61. The van der Waals surface area contributed by atoms with Gasteiger partial charge >= 0.3 is 0 Å². The van der Waals surface area contributed by atoms with E-state index in [1.54, 1.807) is 0 Å². The van der Waals surface area contributed by atoms with Crippen LogP contribution in [0.4, 0.5) is 0 Å². The van der Waals surface area contributed by atoms with Gasteiger partial charge in [-0.2, -0.15) is 0 Å². The number of furan rings is 2. The van der Waals surface area contributed by atoms with Gasteiger partial charge in [-0.25, -0.2) is 15.0 Å². The van der Waals surface area contributed by atoms with Crippen molar-refractivity contribution >= 4 is 98.0 Å². The Kier molecular flexibility index (Phi) is 7.02. The first kappa shape index (κ1) is 34.1. The van der Waals surface area contributed by atoms with Gasteiger partial charge in [0, 0.05) is 54.4 Å². The fourth-order valence-corrected chi connectivity index (χ4v) is 9.88. The highest BCUT2D eigenvalue weighted by atomic mass is 16.3. The second-order valence-corrected chi connectivity index (χ2v) is 16.3. The summed E-state index contributed by atoms with van der Waals surface area (Å²) in [7, 11) is 0. The normalized spacial score (nSPS) is 12.1. The smallest absolute Gasteiger partial charge is 0.166 e. The average molecular weight is 805 g/mol. The Labute approximate surface area is 358 Å². The Morgan fingerprint density at radius 3 is 1.78 bits per heavy atom. The number of hydrogen-bond donors (Lipinski definition) is 0. The summed E-state index contributed by atoms with van der Waals surface area (Å²) in [5.74, 6) is 1.65. The van der Waals surface area contributed by atoms with Gasteiger partial charge in [0.05, 0.1) is 11.0 Å². The van der Waals surface area contributed by atoms with E-state index in [0.717, 1.165) is 115 Å². The Morgan fingerprint density at radius 1 is 0.317 bits per heavy atom. The maximum atomic E-state index is 7.23. The molecule has 0 atom stereocenters. The lowest BCUT2D eigenvalue weighted by Gasteiger charge is -2.16. The summed E-state index contributed by atoms with van der Waals surface area (Å²) in [6.45, 7) is 0. The molecule has 0 spiro atoms. The van der Waals surface area contributed by atoms with Gasteiger partial charge in [0.2, 0.25) is 0 Å². The zero-order valence-electron chi connectivity index (χ0n) is 33.6. The molecule has 0 bridgehead atoms. The molecule has 0 N–H and O–H groups in total. The van der Waals surface area contributed by atoms with E-state index < -0.39 is 0 Å². The van der Waals surface area contributed by atoms with Crippen LogP contribution in [0.2, 0.25) is 0 Å². The lowest BCUT2D eigenvalue weighted by atomic mass is 10.0. The molecule has 6 heteroatoms. The summed E-state index contributed by atoms with van der Waals surface area (Å²) in [5.41, 5.74) is 8.77. The topological polar surface area (TPSA) is 69.9 Å². The van der Waals surface area contributed by atoms with E-state index in [9.17, 15) is 0 Å². The number of para-hydroxylation sites is 2. The first-order valence-electron chi connectivity index (χ1n) is 21.2. The van der Waals surface area contributed by atoms with Gasteiger partial charge < -0.3 is 13.4 Å². The van der Waals surface area contributed by atoms with Gasteiger partial charge in [0.15, 0.2) is 23.1 Å². The zero-order valence-corrected chi connectivity index (χ0v) is 33.6. The van der Waals surface area contributed by atoms with E-state index in [1.165, 1.54) is 5.39 Å². The molecule has 0 unspecified atom stereocenters. The SMILES string of the molecule is c1ccc2cc3c(cc2c1)c1ccccc1n3-c1c(-c2nc(-c3ccc4c(c3)oc3ccccc34)nc(-c3cccc4ccccc34)n2)ccc2c1oc1c3ccccc3ccc21. The van der Waals surface area contributed by atoms with Gasteiger partial charge in [0.25, 0.3) is 0 Å². The molecule has 14 aromatic rings. The molecule has 0 fully saturated rings. The molecular formula is C57H32N4O2. The highest BCUT2D eigenvalue weighted by Gasteiger charge is 2.26. The lowest BCUT2D eigenvalue weighted by Crippen LogP contribution is -2.04. The Bertz CT molecular complexity index is 4230. The fraction of sp³-hybridized carbons (Fsp3) is 0. The zero-order chi connectivity index (χ0) is 41.2. The van der Waals surface area contributed by atoms with Gasteiger partial charge in [-0.05, 0) is 81.5 Å². The van der Waals surface area contributed by atoms with Crippen LogP contribution in [0.3, 0.4) is 0 Å². The second-order valence-electron chi connectivity index (χ2n) is 16.3. The second kappa shape index (κ2) is 12.9. The molecule has 10 aromatic carbocycles. The first-order chi connectivity index (χ1) is 31.2. The Balaban J connectivity index is 1.12. The maximum absolute atomic E-state index is 7.23. The molecule has 4 aromatic heterocycles. The number of hydrogen-bond acceptors (Lipinski definition) is 5. The number of fused-ring (bicyclic) bond motifs is 13. The van der Waals surface area contributed by atoms with Crippen LogP contribution in [0.1, 0.15) is 0 Å². The van der Waals surface area contributed by atoms with Gasteiger partial charge in [0.1, 0.15) is 22.4 Å². The van der Waals surface area contributed by atoms with Crippen LogP contribution in [0.25, 0.3) is 138 Å². The molecule has 4 heterocycles. The van der Waals surface area contributed by atoms with Gasteiger partial charge in [-0.1, -0.05) is 140 Å². The van der Waals surface area contributed by atoms with Crippen molar-refractivity contribution in [3.63, 3.8) is 0 Å². The van der Waals surface area contributed by atoms with Crippen molar-refractivity contribution in [1.29, 1.82) is 0 Å². The molecule has 6 nitrogen and oxygen atoms in total. The quantitative estimate of drug-likeness (QED) is 0.177. The Morgan fingerprint density at radius 2 is 0.921 bits per heavy atom. The minimum atomic E-state index is 0.529. The fourth-order valence-electron chi connectivity index (χ4n) is 9.88. The monoisotopic (exact) mass is 804 g/mol. The van der Waals surface area contributed by atoms with E-state index in [1.807, 2.05) is 24.3 Å². The molecule has 0 saturated heterocycles. The maximum Gasteiger partial charge on any atom is 0.166 e. The average Bonchev–Trinajstić information content (AvgIpc) is 4.02. The summed E-state index contributed by atoms with van der Waals surface area (Å²) in [5, 5.41) is 13.2. The molecule has 0 aliphatic carbocycles. The van der Waals surface area contributed by atoms with Crippen molar-refractivity contribution < 1.29 is 8.83 Å². The largest absolute Gasteiger partial charge is 0.456 e. The van der Waals surface area contributed by atoms with Crippen LogP contribution in [-0.2, 0) is 0 Å². The van der Waals surface area contributed by atoms with Crippen molar-refractivity contribution in [2.45, 2.75) is 0 Å². The number of nitrogens with zero attached hydrogens (tertiary/aromatic N) is 4. The van der Waals surface area contributed by atoms with Crippen LogP contribution in [0.15, 0.2) is 203 Å². The van der Waals surface area contributed by atoms with E-state index in [4.69, 9.17) is 23.8 Å². The number of benzene rings is 10. The summed E-state index contributed by atoms with van der Waals surface area (Å²) in [6.07, 6.45) is 0. The summed E-state index contributed by atoms with van der Waals surface area (Å²) in [6, 6.07) is 68.0. The molecular weight excluding hydrogens is 773 g/mol. The predicted molar refractivity (Wildman–Crippen MR) is 258 cm³/mol. The van der Waals surface area contributed by atoms with E-state index >= 15 is 0 Å². The van der Waals surface area contributed by atoms with Gasteiger partial charge in [-0.3, -0.25) is 0 Å². The third-order valence-corrected chi connectivity index (χ3v) is 12.8. The lowest BCUT2D eigenvalue weighted by molar-refractivity contribution is 0.669. The van der Waals surface area contributed by atoms with Crippen molar-refractivity contribution in [2.75, 3.05) is 0 Å². The van der Waals surface area contributed by atoms with Crippen molar-refractivity contribution in [2.24, 2.45) is 0 Å². The van der Waals surface area contributed by atoms with E-state index in [-0.39, 0.29) is 0 Å². The van der Waals surface area contributed by atoms with Crippen LogP contribution in [-0.4, -0.2) is 19.5 Å². The van der Waals surface area contributed by atoms with Crippen LogP contribution in [0.5, 0.6) is 0 Å². The molecule has 0 saturated carbocycles. The highest BCUT2D eigenvalue weighted by molar-refractivity contribution is 6.20. The summed E-state index contributed by atoms with van der Waals surface area (Å²) >= 11 is 0. The predicted octanol–water partition coefficient (Wildman–Crippen LogP) is 15.2. The van der Waals surface area contributed by atoms with Crippen LogP contribution < -0.4 is 0 Å². The van der Waals surface area contributed by atoms with Crippen molar-refractivity contribution in [3.05, 3.63) is 194 Å². The number of rotatable bonds is 4. The molecule has 0 aliphatic rings. The highest BCUT2D eigenvalue weighted by Crippen LogP contribution is 2.45. The van der Waals surface area contributed by atoms with Crippen molar-refractivity contribution in [1.82, 2.24) is 19.5 Å². The molecule has 0 radical (unpaired) electrons. The molecule has 0 amide bonds. The first-order valence-corrected chi connectivity index (χ1v) is 21.2. The molecule has 63 heavy (non-hydrogen) atoms. The summed E-state index contributed by atoms with van der Waals surface area (Å²) in [4.78, 5) is 16.1. The van der Waals surface area contributed by atoms with E-state index in [0.29, 0.717) is 17.5 Å². The van der Waals surface area contributed by atoms with E-state index in [2.05, 4.69) is 174 Å². The number of aromatic nitrogens is 4. The van der Waals surface area contributed by atoms with Gasteiger partial charge in [-0.15, -0.1) is 0 Å². The molecule has 0 aliphatic heterocycles. The minimum Gasteiger partial charge on any atom is -0.456 e. The third kappa shape index (κ3) is 5.03. The standard InChI is InChI=1S/C57H32N4O2/c1-2-15-36-31-49-47(30-35(36)14-1)40-19-7-9-22-48(40)61(49)52-46(29-28-44-43-27-24-34-13-4-6-18-39(34)53(43)63-54(44)52)57-59-55(37-25-26-42-41-20-8-10-23-50(41)62-51(42)32-37)58-56(60-57)45-21-11-16-33-12-3-5-17-38(33)45/h1-32H.